The molecule has 5 rings (SSSR count). The number of aliphatic hydroxyl groups is 1. The van der Waals surface area contributed by atoms with Gasteiger partial charge in [-0.3, -0.25) is 14.8 Å². The molecule has 4 aromatic heterocycles. The summed E-state index contributed by atoms with van der Waals surface area (Å²) in [6, 6.07) is 8.91. The fourth-order valence-electron chi connectivity index (χ4n) is 4.38. The first-order valence-corrected chi connectivity index (χ1v) is 12.3. The number of rotatable bonds is 7. The number of pyridine rings is 3. The van der Waals surface area contributed by atoms with Crippen molar-refractivity contribution in [3.63, 3.8) is 0 Å². The molecule has 0 aliphatic carbocycles. The zero-order chi connectivity index (χ0) is 26.6. The summed E-state index contributed by atoms with van der Waals surface area (Å²) >= 11 is 0. The lowest BCUT2D eigenvalue weighted by Gasteiger charge is -2.23. The molecule has 1 N–H and O–H groups in total. The van der Waals surface area contributed by atoms with Crippen molar-refractivity contribution in [2.45, 2.75) is 25.9 Å². The molecule has 0 spiro atoms. The molecule has 1 aliphatic rings. The van der Waals surface area contributed by atoms with E-state index in [0.717, 1.165) is 24.0 Å². The third kappa shape index (κ3) is 5.07. The lowest BCUT2D eigenvalue weighted by Crippen LogP contribution is -2.30. The van der Waals surface area contributed by atoms with Crippen molar-refractivity contribution in [1.29, 1.82) is 0 Å². The number of amides is 1. The highest BCUT2D eigenvalue weighted by atomic mass is 16.5. The molecule has 0 saturated carbocycles. The largest absolute Gasteiger partial charge is 0.499 e. The number of likely N-dealkylation sites (N-methyl/N-ethyl adjacent to an activating group) is 1. The second-order valence-corrected chi connectivity index (χ2v) is 9.08. The molecular weight excluding hydrogens is 486 g/mol. The number of carbonyl (C=O) groups excluding carboxylic acids is 1. The van der Waals surface area contributed by atoms with E-state index in [0.29, 0.717) is 47.1 Å². The number of nitrogens with zero attached hydrogens (tertiary/aromatic N) is 5. The normalized spacial score (nSPS) is 13.8. The number of fused-ring (bicyclic) bond motifs is 1. The Balaban J connectivity index is 1.46. The van der Waals surface area contributed by atoms with Gasteiger partial charge in [0, 0.05) is 50.5 Å². The maximum absolute atomic E-state index is 12.5. The minimum Gasteiger partial charge on any atom is -0.499 e. The maximum atomic E-state index is 12.5. The highest BCUT2D eigenvalue weighted by molar-refractivity contribution is 5.94. The van der Waals surface area contributed by atoms with E-state index in [1.54, 1.807) is 37.6 Å². The Kier molecular flexibility index (Phi) is 7.31. The van der Waals surface area contributed by atoms with E-state index in [2.05, 4.69) is 19.8 Å². The SMILES string of the molecule is [C-]#[N+]c1nc(-c2ccnc3cc(-c4cnc(C(=O)N(C)CCO)cc4C)oc23)ccc1OC1CCOCC1. The second-order valence-electron chi connectivity index (χ2n) is 9.08. The lowest BCUT2D eigenvalue weighted by molar-refractivity contribution is 0.0258. The summed E-state index contributed by atoms with van der Waals surface area (Å²) in [5, 5.41) is 9.10. The molecule has 194 valence electrons. The predicted octanol–water partition coefficient (Wildman–Crippen LogP) is 4.43. The van der Waals surface area contributed by atoms with Crippen LogP contribution in [0, 0.1) is 13.5 Å². The van der Waals surface area contributed by atoms with Gasteiger partial charge in [0.1, 0.15) is 28.8 Å². The minimum atomic E-state index is -0.270. The molecule has 0 atom stereocenters. The summed E-state index contributed by atoms with van der Waals surface area (Å²) in [6.07, 6.45) is 4.84. The molecule has 4 aromatic rings. The van der Waals surface area contributed by atoms with Crippen LogP contribution < -0.4 is 4.74 Å². The molecule has 10 nitrogen and oxygen atoms in total. The van der Waals surface area contributed by atoms with E-state index >= 15 is 0 Å². The van der Waals surface area contributed by atoms with E-state index in [-0.39, 0.29) is 36.7 Å². The molecular formula is C28H27N5O5. The molecule has 0 unspecified atom stereocenters. The van der Waals surface area contributed by atoms with E-state index in [9.17, 15) is 4.79 Å². The van der Waals surface area contributed by atoms with E-state index in [1.807, 2.05) is 19.1 Å². The van der Waals surface area contributed by atoms with Gasteiger partial charge in [0.15, 0.2) is 11.3 Å². The Morgan fingerprint density at radius 1 is 1.21 bits per heavy atom. The first kappa shape index (κ1) is 25.3. The van der Waals surface area contributed by atoms with Crippen LogP contribution in [0.3, 0.4) is 0 Å². The molecule has 0 radical (unpaired) electrons. The fourth-order valence-corrected chi connectivity index (χ4v) is 4.38. The first-order chi connectivity index (χ1) is 18.5. The minimum absolute atomic E-state index is 0.00534. The van der Waals surface area contributed by atoms with Crippen LogP contribution in [0.15, 0.2) is 47.1 Å². The molecule has 0 bridgehead atoms. The van der Waals surface area contributed by atoms with Crippen molar-refractivity contribution in [3.05, 3.63) is 65.4 Å². The smallest absolute Gasteiger partial charge is 0.312 e. The molecule has 1 aliphatic heterocycles. The number of hydrogen-bond donors (Lipinski definition) is 1. The van der Waals surface area contributed by atoms with Gasteiger partial charge < -0.3 is 28.7 Å². The van der Waals surface area contributed by atoms with Crippen molar-refractivity contribution >= 4 is 22.8 Å². The van der Waals surface area contributed by atoms with Gasteiger partial charge in [0.2, 0.25) is 0 Å². The van der Waals surface area contributed by atoms with Gasteiger partial charge in [-0.15, -0.1) is 4.98 Å². The first-order valence-electron chi connectivity index (χ1n) is 12.3. The number of aromatic nitrogens is 3. The van der Waals surface area contributed by atoms with Crippen molar-refractivity contribution in [3.8, 4) is 28.3 Å². The molecule has 38 heavy (non-hydrogen) atoms. The van der Waals surface area contributed by atoms with Crippen LogP contribution in [0.4, 0.5) is 5.82 Å². The van der Waals surface area contributed by atoms with Crippen LogP contribution in [0.1, 0.15) is 28.9 Å². The van der Waals surface area contributed by atoms with Crippen LogP contribution in [-0.4, -0.2) is 70.4 Å². The number of furan rings is 1. The molecule has 1 saturated heterocycles. The number of aryl methyl sites for hydroxylation is 1. The molecule has 10 heteroatoms. The van der Waals surface area contributed by atoms with E-state index in [4.69, 9.17) is 25.6 Å². The Morgan fingerprint density at radius 2 is 2.03 bits per heavy atom. The van der Waals surface area contributed by atoms with Crippen molar-refractivity contribution in [2.24, 2.45) is 0 Å². The third-order valence-corrected chi connectivity index (χ3v) is 6.47. The Labute approximate surface area is 219 Å². The van der Waals surface area contributed by atoms with Gasteiger partial charge in [-0.25, -0.2) is 0 Å². The lowest BCUT2D eigenvalue weighted by atomic mass is 10.1. The summed E-state index contributed by atoms with van der Waals surface area (Å²) in [7, 11) is 1.62. The van der Waals surface area contributed by atoms with Crippen LogP contribution in [-0.2, 0) is 4.74 Å². The average molecular weight is 514 g/mol. The van der Waals surface area contributed by atoms with E-state index in [1.165, 1.54) is 4.90 Å². The third-order valence-electron chi connectivity index (χ3n) is 6.47. The van der Waals surface area contributed by atoms with Crippen LogP contribution >= 0.6 is 0 Å². The summed E-state index contributed by atoms with van der Waals surface area (Å²) < 4.78 is 17.7. The average Bonchev–Trinajstić information content (AvgIpc) is 3.38. The quantitative estimate of drug-likeness (QED) is 0.361. The molecule has 5 heterocycles. The fraction of sp³-hybridized carbons (Fsp3) is 0.321. The van der Waals surface area contributed by atoms with E-state index < -0.39 is 0 Å². The van der Waals surface area contributed by atoms with Crippen LogP contribution in [0.25, 0.3) is 38.5 Å². The standard InChI is InChI=1S/C28H27N5O5/c1-17-14-23(28(35)33(3)10-11-34)31-16-20(17)25-15-22-26(38-25)19(6-9-30-22)21-4-5-24(27(29-2)32-21)37-18-7-12-36-13-8-18/h4-6,9,14-16,18,34H,7-8,10-13H2,1,3H3. The molecule has 1 fully saturated rings. The Morgan fingerprint density at radius 3 is 2.76 bits per heavy atom. The highest BCUT2D eigenvalue weighted by Gasteiger charge is 2.22. The highest BCUT2D eigenvalue weighted by Crippen LogP contribution is 2.36. The van der Waals surface area contributed by atoms with Gasteiger partial charge in [-0.05, 0) is 36.8 Å². The van der Waals surface area contributed by atoms with Gasteiger partial charge in [0.05, 0.1) is 25.4 Å². The van der Waals surface area contributed by atoms with Crippen LogP contribution in [0.5, 0.6) is 5.75 Å². The molecule has 0 aromatic carbocycles. The topological polar surface area (TPSA) is 115 Å². The second kappa shape index (κ2) is 11.0. The molecule has 1 amide bonds. The summed E-state index contributed by atoms with van der Waals surface area (Å²) in [4.78, 5) is 30.9. The summed E-state index contributed by atoms with van der Waals surface area (Å²) in [5.74, 6) is 0.935. The monoisotopic (exact) mass is 513 g/mol. The number of ether oxygens (including phenoxy) is 2. The Bertz CT molecular complexity index is 1520. The van der Waals surface area contributed by atoms with Gasteiger partial charge in [-0.2, -0.15) is 0 Å². The predicted molar refractivity (Wildman–Crippen MR) is 140 cm³/mol. The number of hydrogen-bond acceptors (Lipinski definition) is 8. The summed E-state index contributed by atoms with van der Waals surface area (Å²) in [6.45, 7) is 10.9. The van der Waals surface area contributed by atoms with Gasteiger partial charge >= 0.3 is 5.82 Å². The number of aliphatic hydroxyl groups excluding tert-OH is 1. The Hall–Kier alpha value is -4.33. The van der Waals surface area contributed by atoms with Gasteiger partial charge in [-0.1, -0.05) is 6.57 Å². The summed E-state index contributed by atoms with van der Waals surface area (Å²) in [5.41, 5.74) is 4.27. The van der Waals surface area contributed by atoms with Crippen molar-refractivity contribution < 1.29 is 23.8 Å². The maximum Gasteiger partial charge on any atom is 0.312 e. The van der Waals surface area contributed by atoms with Crippen molar-refractivity contribution in [1.82, 2.24) is 19.9 Å². The van der Waals surface area contributed by atoms with Gasteiger partial charge in [0.25, 0.3) is 5.91 Å². The number of carbonyl (C=O) groups is 1. The van der Waals surface area contributed by atoms with Crippen molar-refractivity contribution in [2.75, 3.05) is 33.4 Å². The van der Waals surface area contributed by atoms with Crippen LogP contribution in [0.2, 0.25) is 0 Å². The zero-order valence-electron chi connectivity index (χ0n) is 21.2. The zero-order valence-corrected chi connectivity index (χ0v) is 21.2.